The molecule has 0 amide bonds. The first-order valence-electron chi connectivity index (χ1n) is 5.49. The van der Waals surface area contributed by atoms with Crippen molar-refractivity contribution < 1.29 is 17.9 Å². The molecule has 0 aliphatic heterocycles. The second-order valence-electron chi connectivity index (χ2n) is 3.60. The summed E-state index contributed by atoms with van der Waals surface area (Å²) in [5.41, 5.74) is 0. The zero-order valence-electron chi connectivity index (χ0n) is 10.4. The number of pyridine rings is 1. The number of rotatable bonds is 6. The average Bonchev–Trinajstić information content (AvgIpc) is 2.39. The summed E-state index contributed by atoms with van der Waals surface area (Å²) in [4.78, 5) is 15.1. The van der Waals surface area contributed by atoms with E-state index >= 15 is 0 Å². The summed E-state index contributed by atoms with van der Waals surface area (Å²) in [6.45, 7) is 1.80. The van der Waals surface area contributed by atoms with Gasteiger partial charge in [0.2, 0.25) is 10.0 Å². The summed E-state index contributed by atoms with van der Waals surface area (Å²) in [6, 6.07) is 2.98. The minimum Gasteiger partial charge on any atom is -0.468 e. The van der Waals surface area contributed by atoms with E-state index in [0.29, 0.717) is 6.42 Å². The van der Waals surface area contributed by atoms with Crippen molar-refractivity contribution in [3.05, 3.63) is 24.5 Å². The molecule has 0 radical (unpaired) electrons. The molecule has 1 aromatic rings. The van der Waals surface area contributed by atoms with Crippen molar-refractivity contribution in [2.75, 3.05) is 20.2 Å². The Morgan fingerprint density at radius 1 is 1.50 bits per heavy atom. The summed E-state index contributed by atoms with van der Waals surface area (Å²) < 4.78 is 30.1. The number of carbonyl (C=O) groups excluding carboxylic acids is 1. The Hall–Kier alpha value is -1.47. The second kappa shape index (κ2) is 6.46. The summed E-state index contributed by atoms with van der Waals surface area (Å²) in [5.74, 6) is -0.587. The number of aromatic nitrogens is 1. The lowest BCUT2D eigenvalue weighted by Gasteiger charge is -2.19. The van der Waals surface area contributed by atoms with E-state index in [1.54, 1.807) is 0 Å². The van der Waals surface area contributed by atoms with Crippen LogP contribution >= 0.6 is 0 Å². The number of carbonyl (C=O) groups is 1. The molecule has 0 bridgehead atoms. The topological polar surface area (TPSA) is 76.6 Å². The average molecular weight is 272 g/mol. The van der Waals surface area contributed by atoms with E-state index in [1.807, 2.05) is 6.92 Å². The largest absolute Gasteiger partial charge is 0.468 e. The van der Waals surface area contributed by atoms with Crippen LogP contribution in [0, 0.1) is 0 Å². The van der Waals surface area contributed by atoms with Gasteiger partial charge in [0.15, 0.2) is 0 Å². The van der Waals surface area contributed by atoms with Crippen molar-refractivity contribution in [2.45, 2.75) is 18.2 Å². The predicted molar refractivity (Wildman–Crippen MR) is 65.3 cm³/mol. The Kier molecular flexibility index (Phi) is 5.24. The maximum atomic E-state index is 12.3. The molecule has 0 aliphatic rings. The summed E-state index contributed by atoms with van der Waals surface area (Å²) >= 11 is 0. The molecular weight excluding hydrogens is 256 g/mol. The first kappa shape index (κ1) is 14.6. The Labute approximate surface area is 107 Å². The van der Waals surface area contributed by atoms with Gasteiger partial charge in [-0.15, -0.1) is 0 Å². The molecule has 0 fully saturated rings. The number of hydrogen-bond acceptors (Lipinski definition) is 5. The van der Waals surface area contributed by atoms with Gasteiger partial charge in [0.25, 0.3) is 0 Å². The highest BCUT2D eigenvalue weighted by Crippen LogP contribution is 2.14. The fourth-order valence-electron chi connectivity index (χ4n) is 1.39. The number of esters is 1. The van der Waals surface area contributed by atoms with Gasteiger partial charge in [-0.1, -0.05) is 6.92 Å². The number of methoxy groups -OCH3 is 1. The van der Waals surface area contributed by atoms with E-state index in [1.165, 1.54) is 31.6 Å². The first-order valence-corrected chi connectivity index (χ1v) is 6.93. The van der Waals surface area contributed by atoms with Gasteiger partial charge in [-0.2, -0.15) is 4.31 Å². The first-order chi connectivity index (χ1) is 8.52. The van der Waals surface area contributed by atoms with Gasteiger partial charge in [0, 0.05) is 18.9 Å². The van der Waals surface area contributed by atoms with Gasteiger partial charge < -0.3 is 4.74 Å². The van der Waals surface area contributed by atoms with Gasteiger partial charge in [-0.3, -0.25) is 9.78 Å². The number of ether oxygens (including phenoxy) is 1. The van der Waals surface area contributed by atoms with Crippen LogP contribution in [0.25, 0.3) is 0 Å². The quantitative estimate of drug-likeness (QED) is 0.711. The molecular formula is C11H16N2O4S. The zero-order valence-corrected chi connectivity index (χ0v) is 11.2. The number of hydrogen-bond donors (Lipinski definition) is 0. The molecule has 1 heterocycles. The molecule has 0 atom stereocenters. The molecule has 0 aromatic carbocycles. The molecule has 1 aromatic heterocycles. The fraction of sp³-hybridized carbons (Fsp3) is 0.455. The van der Waals surface area contributed by atoms with E-state index in [4.69, 9.17) is 0 Å². The van der Waals surface area contributed by atoms with Gasteiger partial charge in [0.1, 0.15) is 11.4 Å². The van der Waals surface area contributed by atoms with Crippen LogP contribution in [-0.2, 0) is 19.6 Å². The third-order valence-electron chi connectivity index (χ3n) is 2.28. The predicted octanol–water partition coefficient (Wildman–Crippen LogP) is 0.655. The van der Waals surface area contributed by atoms with Crippen LogP contribution in [-0.4, -0.2) is 43.9 Å². The smallest absolute Gasteiger partial charge is 0.321 e. The van der Waals surface area contributed by atoms with Crippen molar-refractivity contribution in [2.24, 2.45) is 0 Å². The van der Waals surface area contributed by atoms with Crippen molar-refractivity contribution >= 4 is 16.0 Å². The highest BCUT2D eigenvalue weighted by Gasteiger charge is 2.26. The summed E-state index contributed by atoms with van der Waals surface area (Å²) in [7, 11) is -2.47. The van der Waals surface area contributed by atoms with Gasteiger partial charge in [-0.25, -0.2) is 8.42 Å². The number of nitrogens with zero attached hydrogens (tertiary/aromatic N) is 2. The van der Waals surface area contributed by atoms with Crippen LogP contribution in [0.5, 0.6) is 0 Å². The minimum atomic E-state index is -3.70. The molecule has 0 saturated heterocycles. The molecule has 0 spiro atoms. The van der Waals surface area contributed by atoms with Crippen molar-refractivity contribution in [3.63, 3.8) is 0 Å². The third-order valence-corrected chi connectivity index (χ3v) is 4.11. The van der Waals surface area contributed by atoms with Crippen molar-refractivity contribution in [1.82, 2.24) is 9.29 Å². The highest BCUT2D eigenvalue weighted by molar-refractivity contribution is 7.89. The molecule has 0 saturated carbocycles. The fourth-order valence-corrected chi connectivity index (χ4v) is 2.83. The second-order valence-corrected chi connectivity index (χ2v) is 5.54. The van der Waals surface area contributed by atoms with Crippen molar-refractivity contribution in [3.8, 4) is 0 Å². The number of sulfonamides is 1. The monoisotopic (exact) mass is 272 g/mol. The Balaban J connectivity index is 3.01. The summed E-state index contributed by atoms with van der Waals surface area (Å²) in [6.07, 6.45) is 3.36. The van der Waals surface area contributed by atoms with Crippen LogP contribution in [0.15, 0.2) is 29.4 Å². The molecule has 18 heavy (non-hydrogen) atoms. The summed E-state index contributed by atoms with van der Waals surface area (Å²) in [5, 5.41) is 0. The lowest BCUT2D eigenvalue weighted by atomic mass is 10.5. The van der Waals surface area contributed by atoms with Crippen LogP contribution in [0.2, 0.25) is 0 Å². The van der Waals surface area contributed by atoms with Crippen LogP contribution in [0.1, 0.15) is 13.3 Å². The SMILES string of the molecule is CCCN(CC(=O)OC)S(=O)(=O)c1cccnc1. The van der Waals surface area contributed by atoms with E-state index < -0.39 is 16.0 Å². The normalized spacial score (nSPS) is 11.5. The standard InChI is InChI=1S/C11H16N2O4S/c1-3-7-13(9-11(14)17-2)18(15,16)10-5-4-6-12-8-10/h4-6,8H,3,7,9H2,1-2H3. The molecule has 6 nitrogen and oxygen atoms in total. The molecule has 0 unspecified atom stereocenters. The Bertz CT molecular complexity index is 487. The highest BCUT2D eigenvalue weighted by atomic mass is 32.2. The molecule has 1 rings (SSSR count). The van der Waals surface area contributed by atoms with E-state index in [9.17, 15) is 13.2 Å². The van der Waals surface area contributed by atoms with Crippen LogP contribution < -0.4 is 0 Å². The molecule has 100 valence electrons. The zero-order chi connectivity index (χ0) is 13.6. The van der Waals surface area contributed by atoms with E-state index in [2.05, 4.69) is 9.72 Å². The lowest BCUT2D eigenvalue weighted by Crippen LogP contribution is -2.36. The lowest BCUT2D eigenvalue weighted by molar-refractivity contribution is -0.140. The Morgan fingerprint density at radius 3 is 2.72 bits per heavy atom. The molecule has 0 N–H and O–H groups in total. The van der Waals surface area contributed by atoms with E-state index in [0.717, 1.165) is 4.31 Å². The molecule has 0 aliphatic carbocycles. The maximum absolute atomic E-state index is 12.3. The maximum Gasteiger partial charge on any atom is 0.321 e. The van der Waals surface area contributed by atoms with Gasteiger partial charge in [-0.05, 0) is 18.6 Å². The van der Waals surface area contributed by atoms with E-state index in [-0.39, 0.29) is 18.0 Å². The van der Waals surface area contributed by atoms with Crippen LogP contribution in [0.4, 0.5) is 0 Å². The minimum absolute atomic E-state index is 0.0716. The Morgan fingerprint density at radius 2 is 2.22 bits per heavy atom. The van der Waals surface area contributed by atoms with Crippen molar-refractivity contribution in [1.29, 1.82) is 0 Å². The third kappa shape index (κ3) is 3.51. The van der Waals surface area contributed by atoms with Gasteiger partial charge in [0.05, 0.1) is 7.11 Å². The molecule has 7 heteroatoms. The van der Waals surface area contributed by atoms with Crippen LogP contribution in [0.3, 0.4) is 0 Å². The van der Waals surface area contributed by atoms with Gasteiger partial charge >= 0.3 is 5.97 Å².